The maximum Gasteiger partial charge on any atom is 0.0400 e. The van der Waals surface area contributed by atoms with Crippen LogP contribution in [0.4, 0.5) is 5.69 Å². The lowest BCUT2D eigenvalue weighted by Crippen LogP contribution is -2.57. The predicted octanol–water partition coefficient (Wildman–Crippen LogP) is 2.42. The van der Waals surface area contributed by atoms with Crippen molar-refractivity contribution in [1.29, 1.82) is 0 Å². The van der Waals surface area contributed by atoms with Gasteiger partial charge in [0.25, 0.3) is 0 Å². The summed E-state index contributed by atoms with van der Waals surface area (Å²) in [5, 5.41) is 0. The van der Waals surface area contributed by atoms with E-state index in [-0.39, 0.29) is 11.6 Å². The molecule has 3 heteroatoms. The molecule has 1 aromatic carbocycles. The largest absolute Gasteiger partial charge is 0.368 e. The summed E-state index contributed by atoms with van der Waals surface area (Å²) in [5.74, 6) is 0. The summed E-state index contributed by atoms with van der Waals surface area (Å²) in [7, 11) is 2.22. The molecule has 0 bridgehead atoms. The molecule has 1 aliphatic rings. The Balaban J connectivity index is 2.28. The molecule has 1 atom stereocenters. The standard InChI is InChI=1S/C17H29N3/c1-13-6-7-16(15(10-13)11-14(2)18)20-9-8-19(5)17(3,4)12-20/h6-7,10,14H,8-9,11-12,18H2,1-5H3. The fourth-order valence-electron chi connectivity index (χ4n) is 2.98. The van der Waals surface area contributed by atoms with Gasteiger partial charge in [-0.25, -0.2) is 0 Å². The van der Waals surface area contributed by atoms with Crippen molar-refractivity contribution in [1.82, 2.24) is 4.90 Å². The average Bonchev–Trinajstić information content (AvgIpc) is 2.32. The third-order valence-corrected chi connectivity index (χ3v) is 4.43. The Morgan fingerprint density at radius 1 is 1.30 bits per heavy atom. The van der Waals surface area contributed by atoms with Gasteiger partial charge in [-0.2, -0.15) is 0 Å². The van der Waals surface area contributed by atoms with E-state index in [1.54, 1.807) is 0 Å². The first kappa shape index (κ1) is 15.3. The van der Waals surface area contributed by atoms with Gasteiger partial charge in [-0.15, -0.1) is 0 Å². The Hall–Kier alpha value is -1.06. The maximum atomic E-state index is 6.02. The highest BCUT2D eigenvalue weighted by Crippen LogP contribution is 2.28. The van der Waals surface area contributed by atoms with Crippen LogP contribution in [0, 0.1) is 6.92 Å². The molecule has 1 aromatic rings. The zero-order valence-corrected chi connectivity index (χ0v) is 13.6. The lowest BCUT2D eigenvalue weighted by Gasteiger charge is -2.46. The molecular formula is C17H29N3. The van der Waals surface area contributed by atoms with Gasteiger partial charge in [0.1, 0.15) is 0 Å². The van der Waals surface area contributed by atoms with Gasteiger partial charge in [-0.3, -0.25) is 4.90 Å². The molecule has 0 saturated carbocycles. The van der Waals surface area contributed by atoms with E-state index >= 15 is 0 Å². The van der Waals surface area contributed by atoms with Crippen LogP contribution in [-0.2, 0) is 6.42 Å². The molecule has 3 nitrogen and oxygen atoms in total. The first-order valence-electron chi connectivity index (χ1n) is 7.61. The smallest absolute Gasteiger partial charge is 0.0400 e. The van der Waals surface area contributed by atoms with E-state index in [0.717, 1.165) is 26.1 Å². The highest BCUT2D eigenvalue weighted by atomic mass is 15.3. The molecule has 1 heterocycles. The minimum Gasteiger partial charge on any atom is -0.368 e. The first-order chi connectivity index (χ1) is 9.29. The summed E-state index contributed by atoms with van der Waals surface area (Å²) in [6.07, 6.45) is 0.948. The zero-order valence-electron chi connectivity index (χ0n) is 13.6. The third-order valence-electron chi connectivity index (χ3n) is 4.43. The van der Waals surface area contributed by atoms with Gasteiger partial charge < -0.3 is 10.6 Å². The van der Waals surface area contributed by atoms with Crippen LogP contribution in [0.1, 0.15) is 31.9 Å². The van der Waals surface area contributed by atoms with Crippen molar-refractivity contribution in [3.63, 3.8) is 0 Å². The molecule has 1 saturated heterocycles. The molecule has 2 rings (SSSR count). The monoisotopic (exact) mass is 275 g/mol. The van der Waals surface area contributed by atoms with E-state index in [4.69, 9.17) is 5.73 Å². The van der Waals surface area contributed by atoms with Crippen molar-refractivity contribution in [3.05, 3.63) is 29.3 Å². The lowest BCUT2D eigenvalue weighted by molar-refractivity contribution is 0.139. The number of anilines is 1. The first-order valence-corrected chi connectivity index (χ1v) is 7.61. The van der Waals surface area contributed by atoms with Gasteiger partial charge in [0.2, 0.25) is 0 Å². The van der Waals surface area contributed by atoms with Crippen LogP contribution in [0.25, 0.3) is 0 Å². The van der Waals surface area contributed by atoms with Gasteiger partial charge >= 0.3 is 0 Å². The molecule has 0 spiro atoms. The number of nitrogens with zero attached hydrogens (tertiary/aromatic N) is 2. The molecule has 1 fully saturated rings. The van der Waals surface area contributed by atoms with Crippen molar-refractivity contribution < 1.29 is 0 Å². The average molecular weight is 275 g/mol. The van der Waals surface area contributed by atoms with Crippen LogP contribution in [0.15, 0.2) is 18.2 Å². The number of aryl methyl sites for hydroxylation is 1. The summed E-state index contributed by atoms with van der Waals surface area (Å²) in [5.41, 5.74) is 10.3. The van der Waals surface area contributed by atoms with Gasteiger partial charge in [-0.1, -0.05) is 17.7 Å². The van der Waals surface area contributed by atoms with E-state index < -0.39 is 0 Å². The molecule has 1 unspecified atom stereocenters. The van der Waals surface area contributed by atoms with Crippen molar-refractivity contribution in [3.8, 4) is 0 Å². The summed E-state index contributed by atoms with van der Waals surface area (Å²) < 4.78 is 0. The Bertz CT molecular complexity index is 465. The Morgan fingerprint density at radius 2 is 2.00 bits per heavy atom. The molecule has 1 aliphatic heterocycles. The van der Waals surface area contributed by atoms with Crippen LogP contribution in [0.3, 0.4) is 0 Å². The van der Waals surface area contributed by atoms with Crippen molar-refractivity contribution in [2.24, 2.45) is 5.73 Å². The van der Waals surface area contributed by atoms with Gasteiger partial charge in [0.05, 0.1) is 0 Å². The number of benzene rings is 1. The van der Waals surface area contributed by atoms with Crippen LogP contribution in [0.5, 0.6) is 0 Å². The fraction of sp³-hybridized carbons (Fsp3) is 0.647. The van der Waals surface area contributed by atoms with Gasteiger partial charge in [-0.05, 0) is 52.8 Å². The topological polar surface area (TPSA) is 32.5 Å². The SMILES string of the molecule is Cc1ccc(N2CCN(C)C(C)(C)C2)c(CC(C)N)c1. The van der Waals surface area contributed by atoms with Crippen molar-refractivity contribution in [2.75, 3.05) is 31.6 Å². The normalized spacial score (nSPS) is 21.0. The van der Waals surface area contributed by atoms with Crippen LogP contribution >= 0.6 is 0 Å². The van der Waals surface area contributed by atoms with E-state index in [1.807, 2.05) is 0 Å². The maximum absolute atomic E-state index is 6.02. The number of likely N-dealkylation sites (N-methyl/N-ethyl adjacent to an activating group) is 1. The molecule has 0 aromatic heterocycles. The van der Waals surface area contributed by atoms with Gasteiger partial charge in [0, 0.05) is 36.9 Å². The highest BCUT2D eigenvalue weighted by molar-refractivity contribution is 5.56. The summed E-state index contributed by atoms with van der Waals surface area (Å²) in [4.78, 5) is 4.97. The quantitative estimate of drug-likeness (QED) is 0.919. The van der Waals surface area contributed by atoms with E-state index in [1.165, 1.54) is 16.8 Å². The van der Waals surface area contributed by atoms with Gasteiger partial charge in [0.15, 0.2) is 0 Å². The van der Waals surface area contributed by atoms with E-state index in [2.05, 4.69) is 62.7 Å². The highest BCUT2D eigenvalue weighted by Gasteiger charge is 2.31. The second kappa shape index (κ2) is 5.74. The minimum atomic E-state index is 0.205. The molecule has 0 aliphatic carbocycles. The summed E-state index contributed by atoms with van der Waals surface area (Å²) in [6, 6.07) is 6.99. The summed E-state index contributed by atoms with van der Waals surface area (Å²) in [6.45, 7) is 12.1. The number of hydrogen-bond donors (Lipinski definition) is 1. The molecular weight excluding hydrogens is 246 g/mol. The van der Waals surface area contributed by atoms with E-state index in [9.17, 15) is 0 Å². The van der Waals surface area contributed by atoms with Crippen LogP contribution in [0.2, 0.25) is 0 Å². The molecule has 0 radical (unpaired) electrons. The molecule has 0 amide bonds. The Labute approximate surface area is 123 Å². The fourth-order valence-corrected chi connectivity index (χ4v) is 2.98. The number of nitrogens with two attached hydrogens (primary N) is 1. The van der Waals surface area contributed by atoms with E-state index in [0.29, 0.717) is 0 Å². The number of hydrogen-bond acceptors (Lipinski definition) is 3. The summed E-state index contributed by atoms with van der Waals surface area (Å²) >= 11 is 0. The molecule has 20 heavy (non-hydrogen) atoms. The van der Waals surface area contributed by atoms with Crippen LogP contribution in [-0.4, -0.2) is 43.2 Å². The second-order valence-electron chi connectivity index (χ2n) is 6.97. The predicted molar refractivity (Wildman–Crippen MR) is 87.5 cm³/mol. The van der Waals surface area contributed by atoms with Crippen LogP contribution < -0.4 is 10.6 Å². The molecule has 2 N–H and O–H groups in total. The van der Waals surface area contributed by atoms with Crippen molar-refractivity contribution in [2.45, 2.75) is 45.7 Å². The third kappa shape index (κ3) is 3.33. The second-order valence-corrected chi connectivity index (χ2v) is 6.97. The minimum absolute atomic E-state index is 0.205. The Kier molecular flexibility index (Phi) is 4.40. The Morgan fingerprint density at radius 3 is 2.60 bits per heavy atom. The lowest BCUT2D eigenvalue weighted by atomic mass is 9.96. The zero-order chi connectivity index (χ0) is 14.9. The number of rotatable bonds is 3. The van der Waals surface area contributed by atoms with Crippen molar-refractivity contribution >= 4 is 5.69 Å². The number of piperazine rings is 1. The molecule has 112 valence electrons.